The Morgan fingerprint density at radius 3 is 1.29 bits per heavy atom. The lowest BCUT2D eigenvalue weighted by molar-refractivity contribution is -0.303. The van der Waals surface area contributed by atoms with Crippen LogP contribution < -0.4 is 5.32 Å². The van der Waals surface area contributed by atoms with Crippen LogP contribution in [0.4, 0.5) is 0 Å². The zero-order valence-electron chi connectivity index (χ0n) is 44.0. The summed E-state index contributed by atoms with van der Waals surface area (Å²) in [6.07, 6.45) is 47.3. The van der Waals surface area contributed by atoms with Crippen molar-refractivity contribution in [1.29, 1.82) is 0 Å². The molecule has 1 fully saturated rings. The number of ether oxygens (including phenoxy) is 2. The van der Waals surface area contributed by atoms with Gasteiger partial charge in [0.05, 0.1) is 25.4 Å². The summed E-state index contributed by atoms with van der Waals surface area (Å²) in [6.45, 7) is 3.44. The molecule has 0 bridgehead atoms. The fraction of sp³-hybridized carbons (Fsp3) is 0.845. The number of carbonyl (C=O) groups excluding carboxylic acids is 1. The smallest absolute Gasteiger partial charge is 0.249 e. The molecule has 0 aromatic heterocycles. The largest absolute Gasteiger partial charge is 0.394 e. The van der Waals surface area contributed by atoms with Crippen LogP contribution >= 0.6 is 0 Å². The third kappa shape index (κ3) is 35.8. The number of carbonyl (C=O) groups is 1. The molecule has 0 radical (unpaired) electrons. The summed E-state index contributed by atoms with van der Waals surface area (Å²) >= 11 is 0. The van der Waals surface area contributed by atoms with Crippen LogP contribution in [-0.2, 0) is 14.3 Å². The minimum absolute atomic E-state index is 0.239. The van der Waals surface area contributed by atoms with Crippen molar-refractivity contribution in [2.24, 2.45) is 0 Å². The molecule has 0 spiro atoms. The number of hydrogen-bond acceptors (Lipinski definition) is 10. The maximum absolute atomic E-state index is 13.2. The number of hydrogen-bond donors (Lipinski definition) is 8. The second-order valence-electron chi connectivity index (χ2n) is 20.0. The zero-order valence-corrected chi connectivity index (χ0v) is 44.0. The predicted molar refractivity (Wildman–Crippen MR) is 284 cm³/mol. The van der Waals surface area contributed by atoms with Gasteiger partial charge >= 0.3 is 0 Å². The average molecular weight is 978 g/mol. The lowest BCUT2D eigenvalue weighted by atomic mass is 9.98. The average Bonchev–Trinajstić information content (AvgIpc) is 3.35. The molecule has 11 heteroatoms. The second kappa shape index (κ2) is 47.1. The predicted octanol–water partition coefficient (Wildman–Crippen LogP) is 11.7. The Morgan fingerprint density at radius 2 is 0.870 bits per heavy atom. The van der Waals surface area contributed by atoms with E-state index in [1.54, 1.807) is 0 Å². The molecule has 1 heterocycles. The van der Waals surface area contributed by atoms with Crippen LogP contribution in [0, 0.1) is 0 Å². The molecule has 11 nitrogen and oxygen atoms in total. The first kappa shape index (κ1) is 65.1. The number of nitrogens with one attached hydrogen (secondary N) is 1. The Balaban J connectivity index is 2.38. The van der Waals surface area contributed by atoms with E-state index in [-0.39, 0.29) is 12.8 Å². The van der Waals surface area contributed by atoms with E-state index in [1.165, 1.54) is 135 Å². The Morgan fingerprint density at radius 1 is 0.493 bits per heavy atom. The SMILES string of the molecule is CCCCCCCCCCC/C=C/CC/C=C/CC/C=C/CCCC(O)C(O)C(COC1OC(CO)C(O)C(O)C1O)NC(=O)C(O)CCCCCCCC/C=C\CCCCCCCCCCCC. The molecule has 0 aliphatic carbocycles. The van der Waals surface area contributed by atoms with E-state index < -0.39 is 74.2 Å². The van der Waals surface area contributed by atoms with Crippen LogP contribution in [0.15, 0.2) is 48.6 Å². The summed E-state index contributed by atoms with van der Waals surface area (Å²) in [5, 5.41) is 76.1. The van der Waals surface area contributed by atoms with Crippen LogP contribution in [0.3, 0.4) is 0 Å². The molecule has 404 valence electrons. The van der Waals surface area contributed by atoms with E-state index in [4.69, 9.17) is 9.47 Å². The van der Waals surface area contributed by atoms with E-state index in [9.17, 15) is 40.5 Å². The molecule has 9 unspecified atom stereocenters. The monoisotopic (exact) mass is 978 g/mol. The maximum Gasteiger partial charge on any atom is 0.249 e. The van der Waals surface area contributed by atoms with Crippen molar-refractivity contribution in [1.82, 2.24) is 5.32 Å². The molecule has 9 atom stereocenters. The molecule has 0 saturated carbocycles. The van der Waals surface area contributed by atoms with Gasteiger partial charge in [0, 0.05) is 0 Å². The quantitative estimate of drug-likeness (QED) is 0.0215. The Labute approximate surface area is 421 Å². The van der Waals surface area contributed by atoms with Crippen LogP contribution in [0.1, 0.15) is 245 Å². The number of unbranched alkanes of at least 4 members (excludes halogenated alkanes) is 28. The molecule has 0 aromatic rings. The summed E-state index contributed by atoms with van der Waals surface area (Å²) in [7, 11) is 0. The molecule has 1 amide bonds. The first-order valence-corrected chi connectivity index (χ1v) is 28.5. The standard InChI is InChI=1S/C58H107NO10/c1-3-5-7-9-11-13-15-17-19-21-23-25-26-28-29-31-33-35-37-39-41-43-45-50(61)53(63)49(48-68-58-56(66)55(65)54(64)52(47-60)69-58)59-57(67)51(62)46-44-42-40-38-36-34-32-30-27-24-22-20-18-16-14-12-10-8-6-4-2/h23,25,27,29-31,37,39,49-56,58,60-66H,3-22,24,26,28,32-36,38,40-48H2,1-2H3,(H,59,67)/b25-23+,30-27-,31-29+,39-37+. The second-order valence-corrected chi connectivity index (χ2v) is 20.0. The van der Waals surface area contributed by atoms with Crippen LogP contribution in [0.25, 0.3) is 0 Å². The normalized spacial score (nSPS) is 20.7. The third-order valence-electron chi connectivity index (χ3n) is 13.6. The van der Waals surface area contributed by atoms with Gasteiger partial charge in [-0.15, -0.1) is 0 Å². The Hall–Kier alpha value is -1.93. The van der Waals surface area contributed by atoms with Crippen molar-refractivity contribution in [2.45, 2.75) is 300 Å². The van der Waals surface area contributed by atoms with E-state index in [0.717, 1.165) is 64.2 Å². The fourth-order valence-corrected chi connectivity index (χ4v) is 8.88. The summed E-state index contributed by atoms with van der Waals surface area (Å²) in [5.41, 5.74) is 0. The van der Waals surface area contributed by atoms with Gasteiger partial charge in [0.1, 0.15) is 36.6 Å². The first-order valence-electron chi connectivity index (χ1n) is 28.5. The van der Waals surface area contributed by atoms with Crippen LogP contribution in [0.2, 0.25) is 0 Å². The maximum atomic E-state index is 13.2. The lowest BCUT2D eigenvalue weighted by Crippen LogP contribution is -2.60. The topological polar surface area (TPSA) is 189 Å². The molecular weight excluding hydrogens is 871 g/mol. The number of rotatable bonds is 48. The van der Waals surface area contributed by atoms with Gasteiger partial charge in [-0.25, -0.2) is 0 Å². The summed E-state index contributed by atoms with van der Waals surface area (Å²) in [4.78, 5) is 13.2. The van der Waals surface area contributed by atoms with E-state index in [1.807, 2.05) is 0 Å². The van der Waals surface area contributed by atoms with Gasteiger partial charge in [0.15, 0.2) is 6.29 Å². The van der Waals surface area contributed by atoms with Crippen LogP contribution in [0.5, 0.6) is 0 Å². The van der Waals surface area contributed by atoms with Crippen molar-refractivity contribution in [3.8, 4) is 0 Å². The van der Waals surface area contributed by atoms with E-state index >= 15 is 0 Å². The van der Waals surface area contributed by atoms with Gasteiger partial charge < -0.3 is 50.5 Å². The van der Waals surface area contributed by atoms with Gasteiger partial charge in [0.2, 0.25) is 5.91 Å². The third-order valence-corrected chi connectivity index (χ3v) is 13.6. The Bertz CT molecular complexity index is 1260. The minimum Gasteiger partial charge on any atom is -0.394 e. The van der Waals surface area contributed by atoms with Crippen molar-refractivity contribution in [2.75, 3.05) is 13.2 Å². The van der Waals surface area contributed by atoms with Gasteiger partial charge in [-0.3, -0.25) is 4.79 Å². The number of allylic oxidation sites excluding steroid dienone is 8. The fourth-order valence-electron chi connectivity index (χ4n) is 8.88. The van der Waals surface area contributed by atoms with Crippen LogP contribution in [-0.4, -0.2) is 110 Å². The highest BCUT2D eigenvalue weighted by molar-refractivity contribution is 5.80. The Kier molecular flexibility index (Phi) is 44.4. The van der Waals surface area contributed by atoms with Crippen molar-refractivity contribution in [3.05, 3.63) is 48.6 Å². The molecule has 69 heavy (non-hydrogen) atoms. The van der Waals surface area contributed by atoms with Gasteiger partial charge in [-0.05, 0) is 89.9 Å². The first-order chi connectivity index (χ1) is 33.7. The molecule has 1 saturated heterocycles. The summed E-state index contributed by atoms with van der Waals surface area (Å²) in [6, 6.07) is -1.20. The van der Waals surface area contributed by atoms with Crippen molar-refractivity contribution < 1.29 is 50.0 Å². The summed E-state index contributed by atoms with van der Waals surface area (Å²) in [5.74, 6) is -0.717. The molecule has 8 N–H and O–H groups in total. The van der Waals surface area contributed by atoms with Gasteiger partial charge in [0.25, 0.3) is 0 Å². The number of aliphatic hydroxyl groups excluding tert-OH is 7. The minimum atomic E-state index is -1.68. The van der Waals surface area contributed by atoms with E-state index in [0.29, 0.717) is 19.3 Å². The molecule has 1 aliphatic heterocycles. The molecule has 1 rings (SSSR count). The van der Waals surface area contributed by atoms with Gasteiger partial charge in [-0.1, -0.05) is 204 Å². The molecule has 0 aromatic carbocycles. The molecule has 1 aliphatic rings. The zero-order chi connectivity index (χ0) is 50.4. The van der Waals surface area contributed by atoms with Crippen molar-refractivity contribution in [3.63, 3.8) is 0 Å². The highest BCUT2D eigenvalue weighted by atomic mass is 16.7. The highest BCUT2D eigenvalue weighted by Gasteiger charge is 2.44. The summed E-state index contributed by atoms with van der Waals surface area (Å²) < 4.78 is 11.1. The van der Waals surface area contributed by atoms with Gasteiger partial charge in [-0.2, -0.15) is 0 Å². The highest BCUT2D eigenvalue weighted by Crippen LogP contribution is 2.23. The number of aliphatic hydroxyl groups is 7. The van der Waals surface area contributed by atoms with E-state index in [2.05, 4.69) is 67.8 Å². The molecular formula is C58H107NO10. The van der Waals surface area contributed by atoms with Crippen molar-refractivity contribution >= 4 is 5.91 Å². The lowest BCUT2D eigenvalue weighted by Gasteiger charge is -2.40. The number of amides is 1.